The van der Waals surface area contributed by atoms with Crippen LogP contribution in [0.3, 0.4) is 0 Å². The van der Waals surface area contributed by atoms with Gasteiger partial charge in [-0.25, -0.2) is 4.68 Å². The van der Waals surface area contributed by atoms with Gasteiger partial charge in [0, 0.05) is 11.6 Å². The molecule has 3 aromatic rings. The van der Waals surface area contributed by atoms with Crippen LogP contribution in [0, 0.1) is 0 Å². The number of nitrogens with one attached hydrogen (secondary N) is 1. The summed E-state index contributed by atoms with van der Waals surface area (Å²) >= 11 is 12.3. The first-order valence-corrected chi connectivity index (χ1v) is 12.2. The fraction of sp³-hybridized carbons (Fsp3) is 0.389. The Balaban J connectivity index is 1.55. The highest BCUT2D eigenvalue weighted by molar-refractivity contribution is 7.51. The fourth-order valence-electron chi connectivity index (χ4n) is 3.40. The zero-order valence-corrected chi connectivity index (χ0v) is 19.2. The van der Waals surface area contributed by atoms with Crippen molar-refractivity contribution in [2.24, 2.45) is 0 Å². The highest BCUT2D eigenvalue weighted by Crippen LogP contribution is 2.36. The molecule has 0 bridgehead atoms. The maximum Gasteiger partial charge on any atom is 0.350 e. The lowest BCUT2D eigenvalue weighted by Crippen LogP contribution is -2.34. The molecule has 178 valence electrons. The maximum absolute atomic E-state index is 10.9. The van der Waals surface area contributed by atoms with Crippen LogP contribution in [0.4, 0.5) is 5.82 Å². The van der Waals surface area contributed by atoms with Crippen LogP contribution < -0.4 is 5.32 Å². The van der Waals surface area contributed by atoms with Crippen LogP contribution in [0.2, 0.25) is 10.3 Å². The largest absolute Gasteiger partial charge is 0.387 e. The van der Waals surface area contributed by atoms with E-state index in [1.165, 1.54) is 10.9 Å². The molecule has 0 aliphatic carbocycles. The van der Waals surface area contributed by atoms with Gasteiger partial charge in [-0.3, -0.25) is 4.57 Å². The number of anilines is 1. The molecule has 1 aliphatic rings. The molecular weight excluding hydrogens is 500 g/mol. The van der Waals surface area contributed by atoms with Gasteiger partial charge in [0.25, 0.3) is 0 Å². The number of aliphatic hydroxyl groups excluding tert-OH is 2. The zero-order chi connectivity index (χ0) is 23.8. The summed E-state index contributed by atoms with van der Waals surface area (Å²) in [6.07, 6.45) is -4.38. The first-order chi connectivity index (χ1) is 15.6. The Bertz CT molecular complexity index is 1190. The van der Waals surface area contributed by atoms with E-state index >= 15 is 0 Å². The van der Waals surface area contributed by atoms with Gasteiger partial charge in [0.2, 0.25) is 5.28 Å². The second-order valence-electron chi connectivity index (χ2n) is 7.32. The van der Waals surface area contributed by atoms with Gasteiger partial charge in [-0.05, 0) is 23.2 Å². The van der Waals surface area contributed by atoms with Gasteiger partial charge in [0.1, 0.15) is 30.5 Å². The van der Waals surface area contributed by atoms with Gasteiger partial charge < -0.3 is 34.8 Å². The van der Waals surface area contributed by atoms with E-state index in [4.69, 9.17) is 42.5 Å². The van der Waals surface area contributed by atoms with Crippen LogP contribution >= 0.6 is 30.8 Å². The predicted octanol–water partition coefficient (Wildman–Crippen LogP) is 1.52. The van der Waals surface area contributed by atoms with Crippen molar-refractivity contribution in [2.45, 2.75) is 31.1 Å². The van der Waals surface area contributed by atoms with E-state index < -0.39 is 38.5 Å². The fourth-order valence-corrected chi connectivity index (χ4v) is 4.11. The third kappa shape index (κ3) is 5.46. The van der Waals surface area contributed by atoms with E-state index in [0.29, 0.717) is 22.8 Å². The molecule has 1 aliphatic heterocycles. The zero-order valence-electron chi connectivity index (χ0n) is 16.8. The van der Waals surface area contributed by atoms with Crippen molar-refractivity contribution in [1.82, 2.24) is 19.7 Å². The van der Waals surface area contributed by atoms with Gasteiger partial charge in [-0.2, -0.15) is 15.1 Å². The molecule has 2 aromatic heterocycles. The first kappa shape index (κ1) is 24.3. The third-order valence-corrected chi connectivity index (χ3v) is 6.01. The van der Waals surface area contributed by atoms with E-state index in [0.717, 1.165) is 5.56 Å². The summed E-state index contributed by atoms with van der Waals surface area (Å²) in [5.41, 5.74) is 1.08. The molecule has 4 atom stereocenters. The number of hydrogen-bond donors (Lipinski definition) is 5. The molecule has 1 fully saturated rings. The summed E-state index contributed by atoms with van der Waals surface area (Å²) in [6.45, 7) is 0.00691. The standard InChI is InChI=1S/C18H20Cl2N5O7P/c19-11-4-2-1-3-9(11)5-21-15-10-6-22-25(16(10)24-18(20)23-15)17-14(27)13(26)12(32-17)7-31-8-33(28,29)30/h1-4,6,12-14,17,26-27H,5,7-8H2,(H,21,23,24)(H2,28,29,30)/t12-,13-,14-,17-/m1/s1. The number of ether oxygens (including phenoxy) is 2. The van der Waals surface area contributed by atoms with Crippen LogP contribution in [0.5, 0.6) is 0 Å². The number of halogens is 2. The number of aliphatic hydroxyl groups is 2. The van der Waals surface area contributed by atoms with Gasteiger partial charge in [-0.15, -0.1) is 0 Å². The number of aromatic nitrogens is 4. The van der Waals surface area contributed by atoms with E-state index in [9.17, 15) is 14.8 Å². The molecule has 5 N–H and O–H groups in total. The summed E-state index contributed by atoms with van der Waals surface area (Å²) in [7, 11) is -4.38. The number of benzene rings is 1. The summed E-state index contributed by atoms with van der Waals surface area (Å²) in [4.78, 5) is 26.2. The van der Waals surface area contributed by atoms with E-state index in [2.05, 4.69) is 20.4 Å². The summed E-state index contributed by atoms with van der Waals surface area (Å²) < 4.78 is 22.8. The van der Waals surface area contributed by atoms with Crippen molar-refractivity contribution in [1.29, 1.82) is 0 Å². The minimum Gasteiger partial charge on any atom is -0.387 e. The summed E-state index contributed by atoms with van der Waals surface area (Å²) in [5.74, 6) is 0.380. The molecule has 0 saturated carbocycles. The maximum atomic E-state index is 10.9. The molecule has 0 amide bonds. The molecule has 1 aromatic carbocycles. The van der Waals surface area contributed by atoms with Crippen LogP contribution in [0.1, 0.15) is 11.8 Å². The molecule has 3 heterocycles. The predicted molar refractivity (Wildman–Crippen MR) is 118 cm³/mol. The molecule has 12 nitrogen and oxygen atoms in total. The Kier molecular flexibility index (Phi) is 7.20. The Hall–Kier alpha value is -1.86. The second-order valence-corrected chi connectivity index (χ2v) is 9.66. The molecule has 4 rings (SSSR count). The van der Waals surface area contributed by atoms with Crippen molar-refractivity contribution in [2.75, 3.05) is 18.3 Å². The van der Waals surface area contributed by atoms with Crippen molar-refractivity contribution in [3.05, 3.63) is 46.3 Å². The lowest BCUT2D eigenvalue weighted by Gasteiger charge is -2.16. The molecule has 0 spiro atoms. The van der Waals surface area contributed by atoms with Crippen molar-refractivity contribution < 1.29 is 34.0 Å². The number of nitrogens with zero attached hydrogens (tertiary/aromatic N) is 4. The third-order valence-electron chi connectivity index (χ3n) is 4.95. The van der Waals surface area contributed by atoms with Crippen LogP contribution in [-0.2, 0) is 20.6 Å². The molecular formula is C18H20Cl2N5O7P. The van der Waals surface area contributed by atoms with Crippen molar-refractivity contribution in [3.8, 4) is 0 Å². The first-order valence-electron chi connectivity index (χ1n) is 9.66. The Morgan fingerprint density at radius 3 is 2.67 bits per heavy atom. The number of fused-ring (bicyclic) bond motifs is 1. The number of rotatable bonds is 8. The smallest absolute Gasteiger partial charge is 0.350 e. The monoisotopic (exact) mass is 519 g/mol. The van der Waals surface area contributed by atoms with Crippen LogP contribution in [-0.4, -0.2) is 71.0 Å². The molecule has 15 heteroatoms. The Labute approximate surface area is 197 Å². The Morgan fingerprint density at radius 2 is 1.94 bits per heavy atom. The van der Waals surface area contributed by atoms with E-state index in [1.54, 1.807) is 6.07 Å². The van der Waals surface area contributed by atoms with Crippen molar-refractivity contribution in [3.63, 3.8) is 0 Å². The lowest BCUT2D eigenvalue weighted by molar-refractivity contribution is -0.0658. The quantitative estimate of drug-likeness (QED) is 0.215. The normalized spacial score (nSPS) is 23.3. The van der Waals surface area contributed by atoms with E-state index in [-0.39, 0.29) is 17.5 Å². The van der Waals surface area contributed by atoms with Crippen molar-refractivity contribution >= 4 is 47.6 Å². The molecule has 1 saturated heterocycles. The minimum absolute atomic E-state index is 0.0829. The van der Waals surface area contributed by atoms with Gasteiger partial charge in [-0.1, -0.05) is 29.8 Å². The average Bonchev–Trinajstić information content (AvgIpc) is 3.28. The summed E-state index contributed by atoms with van der Waals surface area (Å²) in [5, 5.41) is 29.1. The second kappa shape index (κ2) is 9.79. The highest BCUT2D eigenvalue weighted by Gasteiger charge is 2.45. The Morgan fingerprint density at radius 1 is 1.18 bits per heavy atom. The van der Waals surface area contributed by atoms with Crippen LogP contribution in [0.15, 0.2) is 30.5 Å². The van der Waals surface area contributed by atoms with E-state index in [1.807, 2.05) is 18.2 Å². The SMILES string of the molecule is O=P(O)(O)COC[C@H]1O[C@@H](n2ncc3c(NCc4ccccc4Cl)nc(Cl)nc32)[C@H](O)[C@@H]1O. The highest BCUT2D eigenvalue weighted by atomic mass is 35.5. The topological polar surface area (TPSA) is 172 Å². The van der Waals surface area contributed by atoms with Gasteiger partial charge >= 0.3 is 7.60 Å². The number of hydrogen-bond acceptors (Lipinski definition) is 9. The molecule has 33 heavy (non-hydrogen) atoms. The minimum atomic E-state index is -4.38. The van der Waals surface area contributed by atoms with Gasteiger partial charge in [0.15, 0.2) is 11.9 Å². The lowest BCUT2D eigenvalue weighted by atomic mass is 10.1. The molecule has 0 radical (unpaired) electrons. The van der Waals surface area contributed by atoms with Gasteiger partial charge in [0.05, 0.1) is 18.2 Å². The molecule has 0 unspecified atom stereocenters. The summed E-state index contributed by atoms with van der Waals surface area (Å²) in [6, 6.07) is 7.30. The average molecular weight is 520 g/mol. The van der Waals surface area contributed by atoms with Crippen LogP contribution in [0.25, 0.3) is 11.0 Å².